The van der Waals surface area contributed by atoms with Crippen LogP contribution in [0.25, 0.3) is 10.9 Å². The molecule has 0 spiro atoms. The fourth-order valence-electron chi connectivity index (χ4n) is 1.90. The van der Waals surface area contributed by atoms with E-state index in [4.69, 9.17) is 22.1 Å². The molecule has 1 aromatic heterocycles. The number of carbonyl (C=O) groups is 1. The summed E-state index contributed by atoms with van der Waals surface area (Å²) in [4.78, 5) is 14.6. The minimum absolute atomic E-state index is 0.343. The number of nitrogens with one attached hydrogen (secondary N) is 1. The van der Waals surface area contributed by atoms with Gasteiger partial charge in [-0.15, -0.1) is 0 Å². The maximum atomic E-state index is 11.5. The van der Waals surface area contributed by atoms with E-state index >= 15 is 0 Å². The van der Waals surface area contributed by atoms with E-state index in [9.17, 15) is 4.79 Å². The fourth-order valence-corrected chi connectivity index (χ4v) is 2.07. The van der Waals surface area contributed by atoms with E-state index < -0.39 is 6.04 Å². The third kappa shape index (κ3) is 2.66. The molecule has 0 radical (unpaired) electrons. The van der Waals surface area contributed by atoms with Gasteiger partial charge in [0.15, 0.2) is 0 Å². The van der Waals surface area contributed by atoms with E-state index in [1.807, 2.05) is 24.4 Å². The molecule has 0 aliphatic carbocycles. The highest BCUT2D eigenvalue weighted by molar-refractivity contribution is 6.31. The second kappa shape index (κ2) is 5.42. The van der Waals surface area contributed by atoms with Crippen molar-refractivity contribution in [1.82, 2.24) is 4.98 Å². The van der Waals surface area contributed by atoms with E-state index in [-0.39, 0.29) is 5.97 Å². The number of halogens is 1. The van der Waals surface area contributed by atoms with Crippen molar-refractivity contribution in [2.24, 2.45) is 5.73 Å². The number of hydrogen-bond acceptors (Lipinski definition) is 3. The Bertz CT molecular complexity index is 565. The molecule has 1 aromatic carbocycles. The van der Waals surface area contributed by atoms with Crippen LogP contribution >= 0.6 is 11.6 Å². The predicted molar refractivity (Wildman–Crippen MR) is 71.6 cm³/mol. The van der Waals surface area contributed by atoms with Crippen LogP contribution in [0.1, 0.15) is 12.5 Å². The number of fused-ring (bicyclic) bond motifs is 1. The van der Waals surface area contributed by atoms with E-state index in [0.717, 1.165) is 16.5 Å². The lowest BCUT2D eigenvalue weighted by Gasteiger charge is -2.09. The van der Waals surface area contributed by atoms with Gasteiger partial charge in [0.05, 0.1) is 6.61 Å². The Kier molecular flexibility index (Phi) is 3.89. The normalized spacial score (nSPS) is 12.6. The minimum atomic E-state index is -0.639. The molecule has 0 aliphatic heterocycles. The van der Waals surface area contributed by atoms with Crippen LogP contribution in [-0.2, 0) is 16.0 Å². The van der Waals surface area contributed by atoms with Crippen LogP contribution < -0.4 is 5.73 Å². The van der Waals surface area contributed by atoms with Crippen LogP contribution in [-0.4, -0.2) is 23.6 Å². The lowest BCUT2D eigenvalue weighted by atomic mass is 10.1. The van der Waals surface area contributed by atoms with Crippen molar-refractivity contribution in [2.75, 3.05) is 6.61 Å². The van der Waals surface area contributed by atoms with Crippen LogP contribution in [0.4, 0.5) is 0 Å². The smallest absolute Gasteiger partial charge is 0.323 e. The highest BCUT2D eigenvalue weighted by Gasteiger charge is 2.17. The van der Waals surface area contributed by atoms with E-state index in [1.165, 1.54) is 0 Å². The zero-order valence-electron chi connectivity index (χ0n) is 10.1. The molecular weight excluding hydrogens is 252 g/mol. The van der Waals surface area contributed by atoms with Gasteiger partial charge in [0.25, 0.3) is 0 Å². The van der Waals surface area contributed by atoms with Gasteiger partial charge in [0.2, 0.25) is 0 Å². The largest absolute Gasteiger partial charge is 0.465 e. The molecule has 1 unspecified atom stereocenters. The second-order valence-corrected chi connectivity index (χ2v) is 4.50. The maximum absolute atomic E-state index is 11.5. The molecule has 2 aromatic rings. The third-order valence-corrected chi connectivity index (χ3v) is 2.99. The van der Waals surface area contributed by atoms with Gasteiger partial charge in [0, 0.05) is 28.5 Å². The Balaban J connectivity index is 2.19. The average Bonchev–Trinajstić information content (AvgIpc) is 2.72. The quantitative estimate of drug-likeness (QED) is 0.834. The zero-order chi connectivity index (χ0) is 13.1. The van der Waals surface area contributed by atoms with Crippen LogP contribution in [0.15, 0.2) is 24.4 Å². The summed E-state index contributed by atoms with van der Waals surface area (Å²) in [5, 5.41) is 1.70. The van der Waals surface area contributed by atoms with Gasteiger partial charge < -0.3 is 15.5 Å². The number of nitrogens with two attached hydrogens (primary N) is 1. The SMILES string of the molecule is CCOC(=O)C(N)Cc1c[nH]c2cc(Cl)ccc12. The van der Waals surface area contributed by atoms with Gasteiger partial charge in [0.1, 0.15) is 6.04 Å². The Morgan fingerprint density at radius 2 is 2.33 bits per heavy atom. The Labute approximate surface area is 110 Å². The zero-order valence-corrected chi connectivity index (χ0v) is 10.8. The highest BCUT2D eigenvalue weighted by atomic mass is 35.5. The molecule has 96 valence electrons. The molecule has 0 saturated carbocycles. The van der Waals surface area contributed by atoms with Crippen LogP contribution in [0.5, 0.6) is 0 Å². The minimum Gasteiger partial charge on any atom is -0.465 e. The first-order valence-corrected chi connectivity index (χ1v) is 6.17. The molecule has 4 nitrogen and oxygen atoms in total. The predicted octanol–water partition coefficient (Wildman–Crippen LogP) is 2.25. The summed E-state index contributed by atoms with van der Waals surface area (Å²) in [6.45, 7) is 2.11. The molecule has 0 saturated heterocycles. The Morgan fingerprint density at radius 3 is 3.06 bits per heavy atom. The van der Waals surface area contributed by atoms with Gasteiger partial charge in [-0.1, -0.05) is 17.7 Å². The molecule has 0 fully saturated rings. The molecule has 0 amide bonds. The molecule has 1 atom stereocenters. The topological polar surface area (TPSA) is 68.1 Å². The number of H-pyrrole nitrogens is 1. The molecule has 1 heterocycles. The summed E-state index contributed by atoms with van der Waals surface area (Å²) in [6.07, 6.45) is 2.29. The van der Waals surface area contributed by atoms with Gasteiger partial charge in [-0.05, 0) is 24.6 Å². The standard InChI is InChI=1S/C13H15ClN2O2/c1-2-18-13(17)11(15)5-8-7-16-12-6-9(14)3-4-10(8)12/h3-4,6-7,11,16H,2,5,15H2,1H3. The van der Waals surface area contributed by atoms with Crippen molar-refractivity contribution < 1.29 is 9.53 Å². The molecule has 0 aliphatic rings. The summed E-state index contributed by atoms with van der Waals surface area (Å²) < 4.78 is 4.89. The molecular formula is C13H15ClN2O2. The van der Waals surface area contributed by atoms with E-state index in [2.05, 4.69) is 4.98 Å². The summed E-state index contributed by atoms with van der Waals surface area (Å²) >= 11 is 5.91. The van der Waals surface area contributed by atoms with Gasteiger partial charge in [-0.3, -0.25) is 4.79 Å². The fraction of sp³-hybridized carbons (Fsp3) is 0.308. The van der Waals surface area contributed by atoms with Crippen LogP contribution in [0, 0.1) is 0 Å². The second-order valence-electron chi connectivity index (χ2n) is 4.07. The average molecular weight is 267 g/mol. The van der Waals surface area contributed by atoms with Crippen molar-refractivity contribution >= 4 is 28.5 Å². The summed E-state index contributed by atoms with van der Waals surface area (Å²) in [6, 6.07) is 4.94. The number of rotatable bonds is 4. The van der Waals surface area contributed by atoms with Crippen LogP contribution in [0.2, 0.25) is 5.02 Å². The van der Waals surface area contributed by atoms with E-state index in [0.29, 0.717) is 18.1 Å². The van der Waals surface area contributed by atoms with Gasteiger partial charge in [-0.25, -0.2) is 0 Å². The first-order valence-electron chi connectivity index (χ1n) is 5.79. The summed E-state index contributed by atoms with van der Waals surface area (Å²) in [5.74, 6) is -0.374. The van der Waals surface area contributed by atoms with Gasteiger partial charge in [-0.2, -0.15) is 0 Å². The van der Waals surface area contributed by atoms with Crippen molar-refractivity contribution in [3.8, 4) is 0 Å². The molecule has 3 N–H and O–H groups in total. The third-order valence-electron chi connectivity index (χ3n) is 2.76. The van der Waals surface area contributed by atoms with E-state index in [1.54, 1.807) is 6.92 Å². The van der Waals surface area contributed by atoms with Gasteiger partial charge >= 0.3 is 5.97 Å². The van der Waals surface area contributed by atoms with Crippen molar-refractivity contribution in [1.29, 1.82) is 0 Å². The first-order chi connectivity index (χ1) is 8.61. The Morgan fingerprint density at radius 1 is 1.56 bits per heavy atom. The number of aromatic amines is 1. The number of carbonyl (C=O) groups excluding carboxylic acids is 1. The maximum Gasteiger partial charge on any atom is 0.323 e. The molecule has 0 bridgehead atoms. The lowest BCUT2D eigenvalue weighted by Crippen LogP contribution is -2.34. The van der Waals surface area contributed by atoms with Crippen molar-refractivity contribution in [3.05, 3.63) is 35.0 Å². The monoisotopic (exact) mass is 266 g/mol. The Hall–Kier alpha value is -1.52. The number of aromatic nitrogens is 1. The summed E-state index contributed by atoms with van der Waals surface area (Å²) in [5.41, 5.74) is 7.73. The number of hydrogen-bond donors (Lipinski definition) is 2. The molecule has 2 rings (SSSR count). The number of esters is 1. The van der Waals surface area contributed by atoms with Crippen molar-refractivity contribution in [2.45, 2.75) is 19.4 Å². The number of ether oxygens (including phenoxy) is 1. The summed E-state index contributed by atoms with van der Waals surface area (Å²) in [7, 11) is 0. The lowest BCUT2D eigenvalue weighted by molar-refractivity contribution is -0.144. The number of benzene rings is 1. The molecule has 18 heavy (non-hydrogen) atoms. The van der Waals surface area contributed by atoms with Crippen molar-refractivity contribution in [3.63, 3.8) is 0 Å². The first kappa shape index (κ1) is 12.9. The molecule has 5 heteroatoms. The highest BCUT2D eigenvalue weighted by Crippen LogP contribution is 2.22. The van der Waals surface area contributed by atoms with Crippen LogP contribution in [0.3, 0.4) is 0 Å².